The van der Waals surface area contributed by atoms with Crippen molar-refractivity contribution in [3.8, 4) is 0 Å². The lowest BCUT2D eigenvalue weighted by atomic mass is 10.1. The molecule has 1 aromatic heterocycles. The van der Waals surface area contributed by atoms with Gasteiger partial charge in [0, 0.05) is 49.9 Å². The largest absolute Gasteiger partial charge is 0.336 e. The van der Waals surface area contributed by atoms with Gasteiger partial charge in [-0.25, -0.2) is 4.98 Å². The molecule has 1 aromatic carbocycles. The van der Waals surface area contributed by atoms with Crippen molar-refractivity contribution in [2.24, 2.45) is 7.05 Å². The van der Waals surface area contributed by atoms with E-state index in [0.29, 0.717) is 5.75 Å². The highest BCUT2D eigenvalue weighted by Crippen LogP contribution is 2.22. The van der Waals surface area contributed by atoms with E-state index in [1.54, 1.807) is 18.0 Å². The molecular weight excluding hydrogens is 344 g/mol. The Kier molecular flexibility index (Phi) is 5.81. The Bertz CT molecular complexity index is 688. The molecule has 3 rings (SSSR count). The van der Waals surface area contributed by atoms with E-state index in [-0.39, 0.29) is 11.9 Å². The van der Waals surface area contributed by atoms with Crippen molar-refractivity contribution in [2.45, 2.75) is 11.8 Å². The molecule has 1 aliphatic rings. The first-order valence-corrected chi connectivity index (χ1v) is 9.48. The highest BCUT2D eigenvalue weighted by atomic mass is 35.5. The minimum atomic E-state index is 0.00221. The molecule has 0 bridgehead atoms. The van der Waals surface area contributed by atoms with Crippen LogP contribution in [0.25, 0.3) is 0 Å². The molecule has 7 heteroatoms. The van der Waals surface area contributed by atoms with Crippen LogP contribution in [-0.2, 0) is 17.6 Å². The third kappa shape index (κ3) is 4.12. The first kappa shape index (κ1) is 17.3. The molecule has 1 fully saturated rings. The molecule has 24 heavy (non-hydrogen) atoms. The molecule has 5 nitrogen and oxygen atoms in total. The second kappa shape index (κ2) is 8.05. The quantitative estimate of drug-likeness (QED) is 0.885. The maximum Gasteiger partial charge on any atom is 0.233 e. The number of hydrogen-bond donors (Lipinski definition) is 1. The van der Waals surface area contributed by atoms with Crippen LogP contribution >= 0.6 is 23.4 Å². The Morgan fingerprint density at radius 2 is 2.21 bits per heavy atom. The summed E-state index contributed by atoms with van der Waals surface area (Å²) in [6.45, 7) is 2.30. The summed E-state index contributed by atoms with van der Waals surface area (Å²) in [5, 5.41) is 4.09. The zero-order valence-corrected chi connectivity index (χ0v) is 15.2. The fourth-order valence-electron chi connectivity index (χ4n) is 2.85. The van der Waals surface area contributed by atoms with Gasteiger partial charge in [-0.1, -0.05) is 23.7 Å². The molecule has 1 aliphatic heterocycles. The van der Waals surface area contributed by atoms with Crippen LogP contribution in [-0.4, -0.2) is 45.7 Å². The molecule has 1 N–H and O–H groups in total. The van der Waals surface area contributed by atoms with Crippen LogP contribution in [0.5, 0.6) is 0 Å². The number of hydrogen-bond acceptors (Lipinski definition) is 4. The molecule has 0 aliphatic carbocycles. The lowest BCUT2D eigenvalue weighted by molar-refractivity contribution is -0.131. The van der Waals surface area contributed by atoms with Crippen LogP contribution in [0.3, 0.4) is 0 Å². The molecule has 1 saturated heterocycles. The summed E-state index contributed by atoms with van der Waals surface area (Å²) in [5.41, 5.74) is 1.18. The van der Waals surface area contributed by atoms with Gasteiger partial charge in [0.2, 0.25) is 5.91 Å². The van der Waals surface area contributed by atoms with E-state index < -0.39 is 0 Å². The normalized spacial score (nSPS) is 17.9. The predicted octanol–water partition coefficient (Wildman–Crippen LogP) is 2.48. The van der Waals surface area contributed by atoms with Gasteiger partial charge in [-0.3, -0.25) is 4.79 Å². The molecule has 0 saturated carbocycles. The average Bonchev–Trinajstić information content (AvgIpc) is 3.02. The summed E-state index contributed by atoms with van der Waals surface area (Å²) in [4.78, 5) is 19.0. The lowest BCUT2D eigenvalue weighted by Gasteiger charge is -2.35. The summed E-state index contributed by atoms with van der Waals surface area (Å²) in [7, 11) is 1.97. The number of rotatable bonds is 5. The Labute approximate surface area is 151 Å². The SMILES string of the molecule is Cn1ccnc1C1CNCCN1C(=O)CSCc1ccc(Cl)cc1. The van der Waals surface area contributed by atoms with Crippen LogP contribution in [0.15, 0.2) is 36.7 Å². The van der Waals surface area contributed by atoms with Crippen molar-refractivity contribution in [3.05, 3.63) is 53.1 Å². The van der Waals surface area contributed by atoms with Gasteiger partial charge in [0.05, 0.1) is 5.75 Å². The number of aryl methyl sites for hydroxylation is 1. The predicted molar refractivity (Wildman–Crippen MR) is 98.1 cm³/mol. The number of nitrogens with zero attached hydrogens (tertiary/aromatic N) is 3. The number of benzene rings is 1. The maximum absolute atomic E-state index is 12.7. The van der Waals surface area contributed by atoms with Crippen LogP contribution in [0.4, 0.5) is 0 Å². The van der Waals surface area contributed by atoms with E-state index in [1.165, 1.54) is 5.56 Å². The number of carbonyl (C=O) groups excluding carboxylic acids is 1. The van der Waals surface area contributed by atoms with Crippen molar-refractivity contribution in [2.75, 3.05) is 25.4 Å². The first-order valence-electron chi connectivity index (χ1n) is 7.95. The van der Waals surface area contributed by atoms with Gasteiger partial charge >= 0.3 is 0 Å². The summed E-state index contributed by atoms with van der Waals surface area (Å²) < 4.78 is 1.98. The number of aromatic nitrogens is 2. The minimum Gasteiger partial charge on any atom is -0.336 e. The van der Waals surface area contributed by atoms with Crippen molar-refractivity contribution < 1.29 is 4.79 Å². The van der Waals surface area contributed by atoms with Crippen LogP contribution in [0.2, 0.25) is 5.02 Å². The van der Waals surface area contributed by atoms with Gasteiger partial charge in [-0.2, -0.15) is 0 Å². The zero-order chi connectivity index (χ0) is 16.9. The summed E-state index contributed by atoms with van der Waals surface area (Å²) >= 11 is 7.53. The van der Waals surface area contributed by atoms with Gasteiger partial charge < -0.3 is 14.8 Å². The fraction of sp³-hybridized carbons (Fsp3) is 0.412. The standard InChI is InChI=1S/C17H21ClN4OS/c1-21-8-7-20-17(21)15-10-19-6-9-22(15)16(23)12-24-11-13-2-4-14(18)5-3-13/h2-5,7-8,15,19H,6,9-12H2,1H3. The van der Waals surface area contributed by atoms with Gasteiger partial charge in [-0.05, 0) is 17.7 Å². The number of thioether (sulfide) groups is 1. The molecule has 1 unspecified atom stereocenters. The number of halogens is 1. The van der Waals surface area contributed by atoms with Gasteiger partial charge in [-0.15, -0.1) is 11.8 Å². The summed E-state index contributed by atoms with van der Waals surface area (Å²) in [6, 6.07) is 7.77. The van der Waals surface area contributed by atoms with Crippen molar-refractivity contribution in [3.63, 3.8) is 0 Å². The highest BCUT2D eigenvalue weighted by Gasteiger charge is 2.30. The van der Waals surface area contributed by atoms with E-state index >= 15 is 0 Å². The third-order valence-electron chi connectivity index (χ3n) is 4.13. The van der Waals surface area contributed by atoms with E-state index in [4.69, 9.17) is 11.6 Å². The summed E-state index contributed by atoms with van der Waals surface area (Å²) in [5.74, 6) is 2.38. The molecule has 0 spiro atoms. The number of carbonyl (C=O) groups is 1. The number of amides is 1. The van der Waals surface area contributed by atoms with E-state index in [2.05, 4.69) is 10.3 Å². The van der Waals surface area contributed by atoms with Gasteiger partial charge in [0.15, 0.2) is 0 Å². The monoisotopic (exact) mass is 364 g/mol. The third-order valence-corrected chi connectivity index (χ3v) is 5.37. The van der Waals surface area contributed by atoms with Crippen molar-refractivity contribution in [1.82, 2.24) is 19.8 Å². The first-order chi connectivity index (χ1) is 11.6. The van der Waals surface area contributed by atoms with E-state index in [0.717, 1.165) is 36.2 Å². The van der Waals surface area contributed by atoms with E-state index in [1.807, 2.05) is 47.0 Å². The van der Waals surface area contributed by atoms with Gasteiger partial charge in [0.1, 0.15) is 11.9 Å². The van der Waals surface area contributed by atoms with Crippen LogP contribution < -0.4 is 5.32 Å². The fourth-order valence-corrected chi connectivity index (χ4v) is 3.85. The molecule has 0 radical (unpaired) electrons. The average molecular weight is 365 g/mol. The molecule has 128 valence electrons. The molecule has 1 atom stereocenters. The smallest absolute Gasteiger partial charge is 0.233 e. The highest BCUT2D eigenvalue weighted by molar-refractivity contribution is 7.99. The minimum absolute atomic E-state index is 0.00221. The van der Waals surface area contributed by atoms with Crippen molar-refractivity contribution in [1.29, 1.82) is 0 Å². The number of piperazine rings is 1. The second-order valence-electron chi connectivity index (χ2n) is 5.82. The molecule has 1 amide bonds. The Morgan fingerprint density at radius 1 is 1.42 bits per heavy atom. The Morgan fingerprint density at radius 3 is 2.92 bits per heavy atom. The maximum atomic E-state index is 12.7. The second-order valence-corrected chi connectivity index (χ2v) is 7.24. The Hall–Kier alpha value is -1.50. The number of imidazole rings is 1. The molecular formula is C17H21ClN4OS. The van der Waals surface area contributed by atoms with E-state index in [9.17, 15) is 4.79 Å². The van der Waals surface area contributed by atoms with Crippen LogP contribution in [0.1, 0.15) is 17.4 Å². The summed E-state index contributed by atoms with van der Waals surface area (Å²) in [6.07, 6.45) is 3.70. The molecule has 2 aromatic rings. The topological polar surface area (TPSA) is 50.2 Å². The Balaban J connectivity index is 1.58. The van der Waals surface area contributed by atoms with Crippen LogP contribution in [0, 0.1) is 0 Å². The zero-order valence-electron chi connectivity index (χ0n) is 13.6. The lowest BCUT2D eigenvalue weighted by Crippen LogP contribution is -2.50. The molecule has 2 heterocycles. The van der Waals surface area contributed by atoms with Crippen molar-refractivity contribution >= 4 is 29.3 Å². The van der Waals surface area contributed by atoms with Gasteiger partial charge in [0.25, 0.3) is 0 Å². The number of nitrogens with one attached hydrogen (secondary N) is 1.